The van der Waals surface area contributed by atoms with E-state index in [9.17, 15) is 14.4 Å². The fourth-order valence-corrected chi connectivity index (χ4v) is 5.29. The van der Waals surface area contributed by atoms with Crippen LogP contribution in [0.4, 0.5) is 5.69 Å². The molecule has 3 rings (SSSR count). The first-order valence-electron chi connectivity index (χ1n) is 12.7. The highest BCUT2D eigenvalue weighted by molar-refractivity contribution is 7.98. The highest BCUT2D eigenvalue weighted by Gasteiger charge is 2.29. The Hall–Kier alpha value is -3.66. The lowest BCUT2D eigenvalue weighted by Gasteiger charge is -2.19. The Morgan fingerprint density at radius 3 is 2.51 bits per heavy atom. The molecule has 0 aliphatic heterocycles. The van der Waals surface area contributed by atoms with Gasteiger partial charge in [0, 0.05) is 19.0 Å². The second kappa shape index (κ2) is 13.9. The molecule has 2 aromatic rings. The number of benzene rings is 1. The van der Waals surface area contributed by atoms with Gasteiger partial charge in [-0.15, -0.1) is 6.58 Å². The molecule has 2 atom stereocenters. The molecule has 1 aliphatic carbocycles. The van der Waals surface area contributed by atoms with Crippen LogP contribution >= 0.6 is 11.8 Å². The van der Waals surface area contributed by atoms with Gasteiger partial charge in [-0.25, -0.2) is 0 Å². The topological polar surface area (TPSA) is 115 Å². The van der Waals surface area contributed by atoms with Crippen molar-refractivity contribution < 1.29 is 23.8 Å². The van der Waals surface area contributed by atoms with Crippen LogP contribution in [0.15, 0.2) is 41.7 Å². The van der Waals surface area contributed by atoms with Gasteiger partial charge >= 0.3 is 0 Å². The number of carbonyl (C=O) groups excluding carboxylic acids is 2. The van der Waals surface area contributed by atoms with Gasteiger partial charge in [-0.2, -0.15) is 11.8 Å². The molecule has 2 unspecified atom stereocenters. The molecular formula is C29H37N3O6S. The lowest BCUT2D eigenvalue weighted by atomic mass is 9.95. The summed E-state index contributed by atoms with van der Waals surface area (Å²) in [5.41, 5.74) is 3.08. The number of thioether (sulfide) groups is 1. The van der Waals surface area contributed by atoms with Crippen molar-refractivity contribution in [1.29, 1.82) is 0 Å². The monoisotopic (exact) mass is 555 g/mol. The van der Waals surface area contributed by atoms with Crippen LogP contribution < -0.4 is 35.6 Å². The molecule has 0 bridgehead atoms. The van der Waals surface area contributed by atoms with Crippen molar-refractivity contribution in [2.24, 2.45) is 0 Å². The molecule has 2 amide bonds. The van der Waals surface area contributed by atoms with Crippen molar-refractivity contribution >= 4 is 29.3 Å². The fraction of sp³-hybridized carbons (Fsp3) is 0.414. The van der Waals surface area contributed by atoms with E-state index >= 15 is 0 Å². The lowest BCUT2D eigenvalue weighted by molar-refractivity contribution is -0.122. The molecule has 0 aromatic heterocycles. The number of carbonyl (C=O) groups is 2. The summed E-state index contributed by atoms with van der Waals surface area (Å²) in [5, 5.41) is 8.98. The maximum atomic E-state index is 13.6. The Balaban J connectivity index is 2.23. The third-order valence-electron chi connectivity index (χ3n) is 6.59. The number of amides is 2. The summed E-state index contributed by atoms with van der Waals surface area (Å²) in [7, 11) is 4.66. The van der Waals surface area contributed by atoms with E-state index in [2.05, 4.69) is 22.5 Å². The number of hydrogen-bond donors (Lipinski definition) is 3. The molecule has 0 saturated heterocycles. The molecule has 39 heavy (non-hydrogen) atoms. The maximum absolute atomic E-state index is 13.6. The number of anilines is 1. The second-order valence-corrected chi connectivity index (χ2v) is 10.1. The molecule has 10 heteroatoms. The number of fused-ring (bicyclic) bond motifs is 3. The van der Waals surface area contributed by atoms with E-state index in [4.69, 9.17) is 14.2 Å². The van der Waals surface area contributed by atoms with Crippen molar-refractivity contribution in [2.75, 3.05) is 45.2 Å². The highest BCUT2D eigenvalue weighted by atomic mass is 32.2. The average Bonchev–Trinajstić information content (AvgIpc) is 3.16. The van der Waals surface area contributed by atoms with Crippen LogP contribution in [0.25, 0.3) is 11.1 Å². The van der Waals surface area contributed by atoms with Crippen LogP contribution in [0, 0.1) is 0 Å². The van der Waals surface area contributed by atoms with E-state index in [0.29, 0.717) is 48.6 Å². The Labute approximate surface area is 233 Å². The first-order chi connectivity index (χ1) is 18.8. The number of aryl methyl sites for hydroxylation is 1. The summed E-state index contributed by atoms with van der Waals surface area (Å²) in [6.45, 7) is 5.44. The smallest absolute Gasteiger partial charge is 0.242 e. The molecular weight excluding hydrogens is 518 g/mol. The third kappa shape index (κ3) is 6.86. The van der Waals surface area contributed by atoms with E-state index < -0.39 is 12.1 Å². The summed E-state index contributed by atoms with van der Waals surface area (Å²) in [6, 6.07) is 5.94. The molecule has 0 saturated carbocycles. The molecule has 0 heterocycles. The van der Waals surface area contributed by atoms with Crippen molar-refractivity contribution in [2.45, 2.75) is 38.3 Å². The fourth-order valence-electron chi connectivity index (χ4n) is 4.82. The number of hydrogen-bond acceptors (Lipinski definition) is 8. The Morgan fingerprint density at radius 1 is 1.15 bits per heavy atom. The summed E-state index contributed by atoms with van der Waals surface area (Å²) >= 11 is 1.62. The minimum Gasteiger partial charge on any atom is -0.493 e. The number of rotatable bonds is 12. The van der Waals surface area contributed by atoms with Crippen LogP contribution in [0.3, 0.4) is 0 Å². The van der Waals surface area contributed by atoms with Crippen molar-refractivity contribution in [3.05, 3.63) is 58.3 Å². The molecule has 0 radical (unpaired) electrons. The van der Waals surface area contributed by atoms with E-state index in [1.807, 2.05) is 18.4 Å². The summed E-state index contributed by atoms with van der Waals surface area (Å²) < 4.78 is 17.0. The van der Waals surface area contributed by atoms with Crippen LogP contribution in [-0.2, 0) is 16.0 Å². The number of methoxy groups -OCH3 is 3. The third-order valence-corrected chi connectivity index (χ3v) is 7.24. The quantitative estimate of drug-likeness (QED) is 0.340. The van der Waals surface area contributed by atoms with E-state index in [1.54, 1.807) is 45.2 Å². The average molecular weight is 556 g/mol. The van der Waals surface area contributed by atoms with Crippen LogP contribution in [0.5, 0.6) is 17.2 Å². The van der Waals surface area contributed by atoms with Gasteiger partial charge in [0.15, 0.2) is 11.5 Å². The molecule has 0 fully saturated rings. The zero-order chi connectivity index (χ0) is 28.5. The minimum atomic E-state index is -0.607. The zero-order valence-electron chi connectivity index (χ0n) is 23.1. The van der Waals surface area contributed by atoms with E-state index in [1.165, 1.54) is 13.0 Å². The lowest BCUT2D eigenvalue weighted by Crippen LogP contribution is -2.41. The van der Waals surface area contributed by atoms with Crippen LogP contribution in [-0.4, -0.2) is 57.7 Å². The van der Waals surface area contributed by atoms with E-state index in [0.717, 1.165) is 22.4 Å². The maximum Gasteiger partial charge on any atom is 0.242 e. The summed E-state index contributed by atoms with van der Waals surface area (Å²) in [6.07, 6.45) is 5.27. The normalized spacial score (nSPS) is 14.5. The van der Waals surface area contributed by atoms with Gasteiger partial charge in [-0.05, 0) is 66.2 Å². The predicted molar refractivity (Wildman–Crippen MR) is 156 cm³/mol. The van der Waals surface area contributed by atoms with Crippen LogP contribution in [0.2, 0.25) is 0 Å². The van der Waals surface area contributed by atoms with Crippen molar-refractivity contribution in [3.63, 3.8) is 0 Å². The molecule has 9 nitrogen and oxygen atoms in total. The first-order valence-corrected chi connectivity index (χ1v) is 14.1. The first kappa shape index (κ1) is 29.9. The largest absolute Gasteiger partial charge is 0.493 e. The molecule has 0 spiro atoms. The number of ether oxygens (including phenoxy) is 3. The predicted octanol–water partition coefficient (Wildman–Crippen LogP) is 3.70. The Morgan fingerprint density at radius 2 is 1.90 bits per heavy atom. The standard InChI is InChI=1S/C29H37N3O6S/c1-7-13-30-29(35)23(12-14-39-6)32-22-11-9-19-20(16-24(22)34)21(31-17(2)33)10-8-18-15-25(36-3)27(37-4)28(38-5)26(18)19/h7,9,11,15-16,21,23H,1,8,10,12-14H2,2-6H3,(H,30,35)(H,31,33)(H,32,34). The van der Waals surface area contributed by atoms with Gasteiger partial charge in [-0.3, -0.25) is 14.4 Å². The van der Waals surface area contributed by atoms with E-state index in [-0.39, 0.29) is 22.9 Å². The number of nitrogens with one attached hydrogen (secondary N) is 3. The van der Waals surface area contributed by atoms with Gasteiger partial charge in [0.05, 0.1) is 33.1 Å². The van der Waals surface area contributed by atoms with Crippen LogP contribution in [0.1, 0.15) is 36.9 Å². The molecule has 2 aromatic carbocycles. The Kier molecular flexibility index (Phi) is 10.7. The minimum absolute atomic E-state index is 0.202. The Bertz CT molecular complexity index is 1280. The SMILES string of the molecule is C=CCNC(=O)C(CCSC)Nc1ccc2c(cc1=O)C(NC(C)=O)CCc1cc(OC)c(OC)c(OC)c1-2. The van der Waals surface area contributed by atoms with Crippen molar-refractivity contribution in [1.82, 2.24) is 10.6 Å². The van der Waals surface area contributed by atoms with Crippen molar-refractivity contribution in [3.8, 4) is 28.4 Å². The second-order valence-electron chi connectivity index (χ2n) is 9.11. The summed E-state index contributed by atoms with van der Waals surface area (Å²) in [5.74, 6) is 1.77. The molecule has 210 valence electrons. The van der Waals surface area contributed by atoms with Gasteiger partial charge < -0.3 is 30.2 Å². The summed E-state index contributed by atoms with van der Waals surface area (Å²) in [4.78, 5) is 38.5. The van der Waals surface area contributed by atoms with Gasteiger partial charge in [-0.1, -0.05) is 12.1 Å². The zero-order valence-corrected chi connectivity index (χ0v) is 24.0. The van der Waals surface area contributed by atoms with Gasteiger partial charge in [0.2, 0.25) is 23.0 Å². The van der Waals surface area contributed by atoms with Gasteiger partial charge in [0.1, 0.15) is 6.04 Å². The molecule has 3 N–H and O–H groups in total. The van der Waals surface area contributed by atoms with Gasteiger partial charge in [0.25, 0.3) is 0 Å². The molecule has 1 aliphatic rings. The highest BCUT2D eigenvalue weighted by Crippen LogP contribution is 2.50.